The molecule has 1 fully saturated rings. The van der Waals surface area contributed by atoms with E-state index in [1.165, 1.54) is 6.07 Å². The molecule has 1 atom stereocenters. The van der Waals surface area contributed by atoms with Crippen LogP contribution in [0.2, 0.25) is 0 Å². The van der Waals surface area contributed by atoms with Crippen LogP contribution in [0.4, 0.5) is 0 Å². The Morgan fingerprint density at radius 2 is 2.35 bits per heavy atom. The van der Waals surface area contributed by atoms with Gasteiger partial charge in [-0.1, -0.05) is 6.07 Å². The molecule has 2 N–H and O–H groups in total. The van der Waals surface area contributed by atoms with E-state index < -0.39 is 10.0 Å². The molecule has 1 aromatic rings. The molecule has 1 saturated heterocycles. The summed E-state index contributed by atoms with van der Waals surface area (Å²) in [4.78, 5) is 13.6. The van der Waals surface area contributed by atoms with E-state index in [9.17, 15) is 13.2 Å². The maximum Gasteiger partial charge on any atom is 0.250 e. The zero-order valence-electron chi connectivity index (χ0n) is 11.0. The lowest BCUT2D eigenvalue weighted by molar-refractivity contribution is -0.130. The number of likely N-dealkylation sites (tertiary alicyclic amines) is 1. The van der Waals surface area contributed by atoms with Crippen LogP contribution >= 0.6 is 11.3 Å². The summed E-state index contributed by atoms with van der Waals surface area (Å²) in [5.41, 5.74) is 0. The second kappa shape index (κ2) is 6.66. The van der Waals surface area contributed by atoms with E-state index in [2.05, 4.69) is 4.72 Å². The second-order valence-electron chi connectivity index (χ2n) is 4.76. The van der Waals surface area contributed by atoms with E-state index in [4.69, 9.17) is 5.11 Å². The van der Waals surface area contributed by atoms with Gasteiger partial charge in [0.15, 0.2) is 0 Å². The van der Waals surface area contributed by atoms with Crippen LogP contribution in [0.15, 0.2) is 21.7 Å². The summed E-state index contributed by atoms with van der Waals surface area (Å²) in [5, 5.41) is 10.7. The fraction of sp³-hybridized carbons (Fsp3) is 0.583. The molecule has 0 aliphatic carbocycles. The number of sulfonamides is 1. The number of hydrogen-bond donors (Lipinski definition) is 2. The summed E-state index contributed by atoms with van der Waals surface area (Å²) in [7, 11) is -3.49. The van der Waals surface area contributed by atoms with Crippen molar-refractivity contribution in [3.05, 3.63) is 17.5 Å². The smallest absolute Gasteiger partial charge is 0.250 e. The first-order chi connectivity index (χ1) is 9.53. The molecule has 0 saturated carbocycles. The van der Waals surface area contributed by atoms with Gasteiger partial charge in [0, 0.05) is 38.6 Å². The third-order valence-electron chi connectivity index (χ3n) is 3.29. The topological polar surface area (TPSA) is 86.7 Å². The highest BCUT2D eigenvalue weighted by Crippen LogP contribution is 2.17. The van der Waals surface area contributed by atoms with E-state index in [-0.39, 0.29) is 35.6 Å². The van der Waals surface area contributed by atoms with Gasteiger partial charge in [0.05, 0.1) is 0 Å². The van der Waals surface area contributed by atoms with Gasteiger partial charge in [0.25, 0.3) is 0 Å². The quantitative estimate of drug-likeness (QED) is 0.787. The predicted octanol–water partition coefficient (Wildman–Crippen LogP) is 0.257. The van der Waals surface area contributed by atoms with Crippen molar-refractivity contribution in [3.63, 3.8) is 0 Å². The SMILES string of the molecule is O=C(CCNS(=O)(=O)c1cccs1)N1CCC(CO)C1. The fourth-order valence-corrected chi connectivity index (χ4v) is 4.22. The molecule has 1 aromatic heterocycles. The zero-order chi connectivity index (χ0) is 14.6. The molecule has 2 heterocycles. The fourth-order valence-electron chi connectivity index (χ4n) is 2.15. The minimum absolute atomic E-state index is 0.0742. The van der Waals surface area contributed by atoms with Crippen molar-refractivity contribution >= 4 is 27.3 Å². The number of nitrogens with zero attached hydrogens (tertiary/aromatic N) is 1. The molecule has 112 valence electrons. The van der Waals surface area contributed by atoms with Crippen LogP contribution in [-0.4, -0.2) is 50.6 Å². The summed E-state index contributed by atoms with van der Waals surface area (Å²) in [6.07, 6.45) is 0.950. The van der Waals surface area contributed by atoms with E-state index >= 15 is 0 Å². The summed E-state index contributed by atoms with van der Waals surface area (Å²) >= 11 is 1.14. The van der Waals surface area contributed by atoms with Crippen molar-refractivity contribution in [1.29, 1.82) is 0 Å². The Balaban J connectivity index is 1.77. The minimum atomic E-state index is -3.49. The second-order valence-corrected chi connectivity index (χ2v) is 7.70. The molecule has 20 heavy (non-hydrogen) atoms. The Kier molecular flexibility index (Phi) is 5.14. The normalized spacial score (nSPS) is 19.4. The highest BCUT2D eigenvalue weighted by molar-refractivity contribution is 7.91. The maximum atomic E-state index is 11.9. The molecule has 1 aliphatic rings. The monoisotopic (exact) mass is 318 g/mol. The highest BCUT2D eigenvalue weighted by Gasteiger charge is 2.25. The third-order valence-corrected chi connectivity index (χ3v) is 6.15. The molecular formula is C12H18N2O4S2. The Morgan fingerprint density at radius 1 is 1.55 bits per heavy atom. The minimum Gasteiger partial charge on any atom is -0.396 e. The molecule has 8 heteroatoms. The van der Waals surface area contributed by atoms with Gasteiger partial charge in [-0.15, -0.1) is 11.3 Å². The number of aliphatic hydroxyl groups excluding tert-OH is 1. The van der Waals surface area contributed by atoms with Crippen LogP contribution in [0.25, 0.3) is 0 Å². The molecule has 0 aromatic carbocycles. The number of aliphatic hydroxyl groups is 1. The highest BCUT2D eigenvalue weighted by atomic mass is 32.2. The van der Waals surface area contributed by atoms with Crippen LogP contribution in [0.5, 0.6) is 0 Å². The first-order valence-corrected chi connectivity index (χ1v) is 8.81. The van der Waals surface area contributed by atoms with Crippen molar-refractivity contribution in [2.45, 2.75) is 17.1 Å². The number of carbonyl (C=O) groups is 1. The van der Waals surface area contributed by atoms with Gasteiger partial charge in [-0.05, 0) is 17.9 Å². The maximum absolute atomic E-state index is 11.9. The molecule has 0 bridgehead atoms. The Morgan fingerprint density at radius 3 is 2.95 bits per heavy atom. The van der Waals surface area contributed by atoms with Gasteiger partial charge >= 0.3 is 0 Å². The summed E-state index contributed by atoms with van der Waals surface area (Å²) in [5.74, 6) is 0.0802. The van der Waals surface area contributed by atoms with E-state index in [0.29, 0.717) is 13.1 Å². The average molecular weight is 318 g/mol. The average Bonchev–Trinajstić information content (AvgIpc) is 3.10. The van der Waals surface area contributed by atoms with Crippen LogP contribution in [0.1, 0.15) is 12.8 Å². The number of hydrogen-bond acceptors (Lipinski definition) is 5. The first kappa shape index (κ1) is 15.4. The number of amides is 1. The van der Waals surface area contributed by atoms with Gasteiger partial charge in [0.1, 0.15) is 4.21 Å². The van der Waals surface area contributed by atoms with Crippen LogP contribution < -0.4 is 4.72 Å². The first-order valence-electron chi connectivity index (χ1n) is 6.45. The van der Waals surface area contributed by atoms with Gasteiger partial charge in [-0.2, -0.15) is 0 Å². The van der Waals surface area contributed by atoms with E-state index in [1.54, 1.807) is 16.3 Å². The summed E-state index contributed by atoms with van der Waals surface area (Å²) < 4.78 is 26.4. The van der Waals surface area contributed by atoms with Crippen molar-refractivity contribution < 1.29 is 18.3 Å². The van der Waals surface area contributed by atoms with Gasteiger partial charge in [0.2, 0.25) is 15.9 Å². The van der Waals surface area contributed by atoms with Crippen LogP contribution in [0, 0.1) is 5.92 Å². The predicted molar refractivity (Wildman–Crippen MR) is 75.9 cm³/mol. The Hall–Kier alpha value is -0.960. The van der Waals surface area contributed by atoms with Crippen LogP contribution in [-0.2, 0) is 14.8 Å². The van der Waals surface area contributed by atoms with E-state index in [1.807, 2.05) is 0 Å². The van der Waals surface area contributed by atoms with Crippen LogP contribution in [0.3, 0.4) is 0 Å². The molecule has 6 nitrogen and oxygen atoms in total. The van der Waals surface area contributed by atoms with Crippen molar-refractivity contribution in [1.82, 2.24) is 9.62 Å². The molecule has 0 radical (unpaired) electrons. The third kappa shape index (κ3) is 3.78. The van der Waals surface area contributed by atoms with E-state index in [0.717, 1.165) is 17.8 Å². The number of thiophene rings is 1. The lowest BCUT2D eigenvalue weighted by atomic mass is 10.1. The molecule has 0 spiro atoms. The molecular weight excluding hydrogens is 300 g/mol. The van der Waals surface area contributed by atoms with Crippen molar-refractivity contribution in [2.75, 3.05) is 26.2 Å². The van der Waals surface area contributed by atoms with Gasteiger partial charge < -0.3 is 10.0 Å². The number of carbonyl (C=O) groups excluding carboxylic acids is 1. The van der Waals surface area contributed by atoms with Crippen molar-refractivity contribution in [3.8, 4) is 0 Å². The standard InChI is InChI=1S/C12H18N2O4S2/c15-9-10-4-6-14(8-10)11(16)3-5-13-20(17,18)12-2-1-7-19-12/h1-2,7,10,13,15H,3-6,8-9H2. The lowest BCUT2D eigenvalue weighted by Crippen LogP contribution is -2.33. The van der Waals surface area contributed by atoms with Gasteiger partial charge in [-0.25, -0.2) is 13.1 Å². The zero-order valence-corrected chi connectivity index (χ0v) is 12.6. The van der Waals surface area contributed by atoms with Gasteiger partial charge in [-0.3, -0.25) is 4.79 Å². The number of nitrogens with one attached hydrogen (secondary N) is 1. The summed E-state index contributed by atoms with van der Waals surface area (Å²) in [6, 6.07) is 3.20. The molecule has 1 aliphatic heterocycles. The van der Waals surface area contributed by atoms with Crippen molar-refractivity contribution in [2.24, 2.45) is 5.92 Å². The lowest BCUT2D eigenvalue weighted by Gasteiger charge is -2.16. The Bertz CT molecular complexity index is 542. The Labute approximate surface area is 122 Å². The molecule has 1 amide bonds. The summed E-state index contributed by atoms with van der Waals surface area (Å²) in [6.45, 7) is 1.39. The molecule has 2 rings (SSSR count). The molecule has 1 unspecified atom stereocenters. The largest absolute Gasteiger partial charge is 0.396 e. The number of rotatable bonds is 6.